The fraction of sp³-hybridized carbons (Fsp3) is 0.250. The zero-order valence-electron chi connectivity index (χ0n) is 14.8. The Morgan fingerprint density at radius 2 is 2.07 bits per heavy atom. The van der Waals surface area contributed by atoms with Crippen molar-refractivity contribution in [2.24, 2.45) is 0 Å². The molecule has 1 N–H and O–H groups in total. The second kappa shape index (κ2) is 6.75. The Hall–Kier alpha value is -3.35. The maximum absolute atomic E-state index is 4.57. The quantitative estimate of drug-likeness (QED) is 0.606. The summed E-state index contributed by atoms with van der Waals surface area (Å²) in [6, 6.07) is 12.6. The molecule has 0 radical (unpaired) electrons. The first-order valence-electron chi connectivity index (χ1n) is 9.16. The minimum Gasteiger partial charge on any atom is -0.336 e. The van der Waals surface area contributed by atoms with Gasteiger partial charge in [-0.3, -0.25) is 4.98 Å². The van der Waals surface area contributed by atoms with Crippen molar-refractivity contribution in [3.63, 3.8) is 0 Å². The van der Waals surface area contributed by atoms with E-state index in [9.17, 15) is 0 Å². The SMILES string of the molecule is c1ccc2c(c1)CCCC2Cn1cnc(-c2cc(-c3nn[nH]n3)ccn2)c1. The lowest BCUT2D eigenvalue weighted by molar-refractivity contribution is 0.483. The highest BCUT2D eigenvalue weighted by atomic mass is 15.5. The van der Waals surface area contributed by atoms with Crippen LogP contribution in [0.3, 0.4) is 0 Å². The van der Waals surface area contributed by atoms with Crippen LogP contribution in [-0.2, 0) is 13.0 Å². The predicted octanol–water partition coefficient (Wildman–Crippen LogP) is 3.25. The topological polar surface area (TPSA) is 85.2 Å². The standard InChI is InChI=1S/C20H19N7/c1-2-7-17-14(4-1)5-3-6-16(17)11-27-12-19(22-13-27)18-10-15(8-9-21-18)20-23-25-26-24-20/h1-2,4,7-10,12-13,16H,3,5-6,11H2,(H,23,24,25,26). The van der Waals surface area contributed by atoms with Gasteiger partial charge in [-0.05, 0) is 47.7 Å². The van der Waals surface area contributed by atoms with Crippen molar-refractivity contribution < 1.29 is 0 Å². The maximum Gasteiger partial charge on any atom is 0.204 e. The van der Waals surface area contributed by atoms with Crippen molar-refractivity contribution in [1.29, 1.82) is 0 Å². The number of tetrazole rings is 1. The second-order valence-corrected chi connectivity index (χ2v) is 6.91. The molecular formula is C20H19N7. The highest BCUT2D eigenvalue weighted by Crippen LogP contribution is 2.33. The first-order chi connectivity index (χ1) is 13.4. The molecule has 1 aromatic carbocycles. The zero-order chi connectivity index (χ0) is 18.1. The fourth-order valence-electron chi connectivity index (χ4n) is 3.88. The second-order valence-electron chi connectivity index (χ2n) is 6.91. The number of nitrogens with zero attached hydrogens (tertiary/aromatic N) is 6. The maximum atomic E-state index is 4.57. The molecule has 3 aromatic heterocycles. The minimum atomic E-state index is 0.538. The molecule has 0 saturated carbocycles. The average molecular weight is 357 g/mol. The van der Waals surface area contributed by atoms with Gasteiger partial charge in [0, 0.05) is 30.4 Å². The molecule has 7 heteroatoms. The third-order valence-electron chi connectivity index (χ3n) is 5.18. The van der Waals surface area contributed by atoms with Gasteiger partial charge in [-0.2, -0.15) is 5.21 Å². The zero-order valence-corrected chi connectivity index (χ0v) is 14.8. The molecule has 1 atom stereocenters. The van der Waals surface area contributed by atoms with Gasteiger partial charge in [0.15, 0.2) is 0 Å². The molecule has 0 amide bonds. The molecule has 0 bridgehead atoms. The van der Waals surface area contributed by atoms with Crippen LogP contribution in [-0.4, -0.2) is 35.2 Å². The summed E-state index contributed by atoms with van der Waals surface area (Å²) in [6.45, 7) is 0.939. The van der Waals surface area contributed by atoms with Crippen LogP contribution in [0.4, 0.5) is 0 Å². The number of pyridine rings is 1. The summed E-state index contributed by atoms with van der Waals surface area (Å²) in [6.07, 6.45) is 9.37. The Morgan fingerprint density at radius 3 is 3.00 bits per heavy atom. The smallest absolute Gasteiger partial charge is 0.204 e. The molecule has 0 saturated heterocycles. The number of aromatic nitrogens is 7. The first-order valence-corrected chi connectivity index (χ1v) is 9.16. The van der Waals surface area contributed by atoms with Gasteiger partial charge in [0.25, 0.3) is 0 Å². The summed E-state index contributed by atoms with van der Waals surface area (Å²) in [7, 11) is 0. The summed E-state index contributed by atoms with van der Waals surface area (Å²) in [5.41, 5.74) is 5.49. The van der Waals surface area contributed by atoms with Crippen molar-refractivity contribution in [3.05, 3.63) is 66.2 Å². The van der Waals surface area contributed by atoms with Gasteiger partial charge in [0.1, 0.15) is 5.69 Å². The van der Waals surface area contributed by atoms with Crippen molar-refractivity contribution in [2.75, 3.05) is 0 Å². The predicted molar refractivity (Wildman–Crippen MR) is 101 cm³/mol. The summed E-state index contributed by atoms with van der Waals surface area (Å²) in [5.74, 6) is 1.09. The van der Waals surface area contributed by atoms with Crippen LogP contribution in [0.15, 0.2) is 55.1 Å². The lowest BCUT2D eigenvalue weighted by Crippen LogP contribution is -2.14. The molecule has 4 aromatic rings. The van der Waals surface area contributed by atoms with Crippen molar-refractivity contribution in [2.45, 2.75) is 31.7 Å². The summed E-state index contributed by atoms with van der Waals surface area (Å²) >= 11 is 0. The van der Waals surface area contributed by atoms with Gasteiger partial charge in [0.2, 0.25) is 5.82 Å². The lowest BCUT2D eigenvalue weighted by Gasteiger charge is -2.25. The fourth-order valence-corrected chi connectivity index (χ4v) is 3.88. The summed E-state index contributed by atoms with van der Waals surface area (Å²) in [4.78, 5) is 9.02. The molecule has 0 aliphatic heterocycles. The van der Waals surface area contributed by atoms with E-state index in [2.05, 4.69) is 65.6 Å². The van der Waals surface area contributed by atoms with Crippen LogP contribution in [0, 0.1) is 0 Å². The Morgan fingerprint density at radius 1 is 1.11 bits per heavy atom. The number of rotatable bonds is 4. The normalized spacial score (nSPS) is 16.2. The third kappa shape index (κ3) is 3.12. The van der Waals surface area contributed by atoms with E-state index in [1.165, 1.54) is 30.4 Å². The highest BCUT2D eigenvalue weighted by molar-refractivity contribution is 5.63. The molecule has 134 valence electrons. The van der Waals surface area contributed by atoms with Crippen LogP contribution in [0.5, 0.6) is 0 Å². The molecule has 1 aliphatic rings. The number of hydrogen-bond acceptors (Lipinski definition) is 5. The van der Waals surface area contributed by atoms with Crippen LogP contribution in [0.2, 0.25) is 0 Å². The molecule has 7 nitrogen and oxygen atoms in total. The molecule has 0 fully saturated rings. The van der Waals surface area contributed by atoms with Crippen LogP contribution < -0.4 is 0 Å². The van der Waals surface area contributed by atoms with Gasteiger partial charge in [-0.1, -0.05) is 24.3 Å². The van der Waals surface area contributed by atoms with E-state index in [4.69, 9.17) is 0 Å². The minimum absolute atomic E-state index is 0.538. The van der Waals surface area contributed by atoms with Gasteiger partial charge in [-0.25, -0.2) is 4.98 Å². The molecule has 5 rings (SSSR count). The number of nitrogens with one attached hydrogen (secondary N) is 1. The largest absolute Gasteiger partial charge is 0.336 e. The van der Waals surface area contributed by atoms with E-state index < -0.39 is 0 Å². The van der Waals surface area contributed by atoms with E-state index in [1.54, 1.807) is 6.20 Å². The number of hydrogen-bond donors (Lipinski definition) is 1. The number of benzene rings is 1. The van der Waals surface area contributed by atoms with Gasteiger partial charge < -0.3 is 4.57 Å². The number of aromatic amines is 1. The molecule has 3 heterocycles. The number of fused-ring (bicyclic) bond motifs is 1. The summed E-state index contributed by atoms with van der Waals surface area (Å²) < 4.78 is 2.17. The number of H-pyrrole nitrogens is 1. The van der Waals surface area contributed by atoms with E-state index in [1.807, 2.05) is 18.5 Å². The third-order valence-corrected chi connectivity index (χ3v) is 5.18. The molecule has 1 aliphatic carbocycles. The Bertz CT molecular complexity index is 1050. The number of aryl methyl sites for hydroxylation is 1. The van der Waals surface area contributed by atoms with E-state index in [0.29, 0.717) is 11.7 Å². The monoisotopic (exact) mass is 357 g/mol. The average Bonchev–Trinajstić information content (AvgIpc) is 3.41. The van der Waals surface area contributed by atoms with E-state index in [0.717, 1.165) is 23.5 Å². The summed E-state index contributed by atoms with van der Waals surface area (Å²) in [5, 5.41) is 14.1. The van der Waals surface area contributed by atoms with Gasteiger partial charge in [-0.15, -0.1) is 10.2 Å². The molecule has 0 spiro atoms. The van der Waals surface area contributed by atoms with Gasteiger partial charge in [0.05, 0.1) is 12.0 Å². The Kier molecular flexibility index (Phi) is 3.97. The molecule has 1 unspecified atom stereocenters. The van der Waals surface area contributed by atoms with E-state index in [-0.39, 0.29) is 0 Å². The lowest BCUT2D eigenvalue weighted by atomic mass is 9.83. The Labute approximate surface area is 156 Å². The number of imidazole rings is 1. The molecular weight excluding hydrogens is 338 g/mol. The van der Waals surface area contributed by atoms with Crippen LogP contribution in [0.1, 0.15) is 29.9 Å². The Balaban J connectivity index is 1.39. The first kappa shape index (κ1) is 15.9. The van der Waals surface area contributed by atoms with Crippen LogP contribution in [0.25, 0.3) is 22.8 Å². The van der Waals surface area contributed by atoms with Crippen LogP contribution >= 0.6 is 0 Å². The van der Waals surface area contributed by atoms with Crippen molar-refractivity contribution in [1.82, 2.24) is 35.2 Å². The highest BCUT2D eigenvalue weighted by Gasteiger charge is 2.20. The van der Waals surface area contributed by atoms with Gasteiger partial charge >= 0.3 is 0 Å². The molecule has 27 heavy (non-hydrogen) atoms. The van der Waals surface area contributed by atoms with Crippen molar-refractivity contribution in [3.8, 4) is 22.8 Å². The van der Waals surface area contributed by atoms with Crippen molar-refractivity contribution >= 4 is 0 Å². The van der Waals surface area contributed by atoms with E-state index >= 15 is 0 Å².